The summed E-state index contributed by atoms with van der Waals surface area (Å²) in [6, 6.07) is 13.3. The van der Waals surface area contributed by atoms with Gasteiger partial charge in [0, 0.05) is 27.4 Å². The average molecular weight is 368 g/mol. The number of aryl methyl sites for hydroxylation is 1. The lowest BCUT2D eigenvalue weighted by atomic mass is 10.1. The number of rotatable bonds is 4. The van der Waals surface area contributed by atoms with E-state index >= 15 is 0 Å². The van der Waals surface area contributed by atoms with Crippen LogP contribution in [0.15, 0.2) is 42.5 Å². The Bertz CT molecular complexity index is 597. The summed E-state index contributed by atoms with van der Waals surface area (Å²) in [4.78, 5) is 10.5. The van der Waals surface area contributed by atoms with Gasteiger partial charge in [0.15, 0.2) is 0 Å². The summed E-state index contributed by atoms with van der Waals surface area (Å²) in [5.41, 5.74) is 2.75. The van der Waals surface area contributed by atoms with Crippen molar-refractivity contribution in [3.63, 3.8) is 0 Å². The van der Waals surface area contributed by atoms with Crippen molar-refractivity contribution in [1.29, 1.82) is 0 Å². The smallest absolute Gasteiger partial charge is 0.272 e. The summed E-state index contributed by atoms with van der Waals surface area (Å²) in [5.74, 6) is 0. The molecule has 1 N–H and O–H groups in total. The third-order valence-corrected chi connectivity index (χ3v) is 3.53. The Morgan fingerprint density at radius 1 is 1.21 bits per heavy atom. The van der Waals surface area contributed by atoms with E-state index in [2.05, 4.69) is 27.9 Å². The second-order valence-corrected chi connectivity index (χ2v) is 5.48. The van der Waals surface area contributed by atoms with Gasteiger partial charge < -0.3 is 5.32 Å². The second kappa shape index (κ2) is 6.01. The van der Waals surface area contributed by atoms with Gasteiger partial charge in [-0.1, -0.05) is 12.1 Å². The van der Waals surface area contributed by atoms with E-state index in [0.29, 0.717) is 12.1 Å². The Morgan fingerprint density at radius 3 is 2.53 bits per heavy atom. The van der Waals surface area contributed by atoms with Crippen LogP contribution in [0.3, 0.4) is 0 Å². The van der Waals surface area contributed by atoms with Crippen molar-refractivity contribution in [2.45, 2.75) is 13.5 Å². The predicted molar refractivity (Wildman–Crippen MR) is 84.3 cm³/mol. The summed E-state index contributed by atoms with van der Waals surface area (Å²) < 4.78 is 1.18. The molecular weight excluding hydrogens is 355 g/mol. The van der Waals surface area contributed by atoms with Crippen molar-refractivity contribution >= 4 is 34.0 Å². The summed E-state index contributed by atoms with van der Waals surface area (Å²) in [6.07, 6.45) is 0. The Morgan fingerprint density at radius 2 is 1.89 bits per heavy atom. The molecule has 0 fully saturated rings. The summed E-state index contributed by atoms with van der Waals surface area (Å²) >= 11 is 2.25. The monoisotopic (exact) mass is 368 g/mol. The van der Waals surface area contributed by atoms with Gasteiger partial charge in [-0.05, 0) is 59.3 Å². The van der Waals surface area contributed by atoms with Gasteiger partial charge in [0.05, 0.1) is 4.92 Å². The summed E-state index contributed by atoms with van der Waals surface area (Å²) in [5, 5.41) is 14.1. The lowest BCUT2D eigenvalue weighted by molar-refractivity contribution is -0.385. The minimum absolute atomic E-state index is 0.168. The van der Waals surface area contributed by atoms with E-state index in [-0.39, 0.29) is 10.6 Å². The molecule has 2 rings (SSSR count). The maximum Gasteiger partial charge on any atom is 0.272 e. The largest absolute Gasteiger partial charge is 0.381 e. The highest BCUT2D eigenvalue weighted by molar-refractivity contribution is 14.1. The number of hydrogen-bond acceptors (Lipinski definition) is 3. The zero-order valence-corrected chi connectivity index (χ0v) is 12.5. The minimum atomic E-state index is -0.344. The van der Waals surface area contributed by atoms with Crippen LogP contribution in [0.2, 0.25) is 0 Å². The first kappa shape index (κ1) is 13.8. The summed E-state index contributed by atoms with van der Waals surface area (Å²) in [6.45, 7) is 2.32. The highest BCUT2D eigenvalue weighted by atomic mass is 127. The quantitative estimate of drug-likeness (QED) is 0.502. The maximum atomic E-state index is 10.9. The van der Waals surface area contributed by atoms with Gasteiger partial charge >= 0.3 is 0 Å². The minimum Gasteiger partial charge on any atom is -0.381 e. The molecule has 0 aromatic heterocycles. The third kappa shape index (κ3) is 3.66. The van der Waals surface area contributed by atoms with Crippen LogP contribution in [0.5, 0.6) is 0 Å². The molecule has 0 heterocycles. The molecule has 0 unspecified atom stereocenters. The molecule has 0 atom stereocenters. The first-order chi connectivity index (χ1) is 9.06. The topological polar surface area (TPSA) is 55.2 Å². The van der Waals surface area contributed by atoms with E-state index in [4.69, 9.17) is 0 Å². The first-order valence-electron chi connectivity index (χ1n) is 5.79. The van der Waals surface area contributed by atoms with Gasteiger partial charge in [-0.25, -0.2) is 0 Å². The van der Waals surface area contributed by atoms with E-state index < -0.39 is 0 Å². The molecule has 0 spiro atoms. The van der Waals surface area contributed by atoms with E-state index in [1.807, 2.05) is 30.3 Å². The number of hydrogen-bond donors (Lipinski definition) is 1. The molecule has 0 bridgehead atoms. The van der Waals surface area contributed by atoms with Crippen LogP contribution in [0.1, 0.15) is 11.1 Å². The molecule has 0 aliphatic heterocycles. The molecule has 5 heteroatoms. The molecule has 0 saturated heterocycles. The van der Waals surface area contributed by atoms with Crippen LogP contribution >= 0.6 is 22.6 Å². The van der Waals surface area contributed by atoms with E-state index in [9.17, 15) is 10.1 Å². The average Bonchev–Trinajstić information content (AvgIpc) is 2.39. The zero-order chi connectivity index (χ0) is 13.8. The second-order valence-electron chi connectivity index (χ2n) is 4.24. The van der Waals surface area contributed by atoms with Crippen LogP contribution in [-0.4, -0.2) is 4.92 Å². The first-order valence-corrected chi connectivity index (χ1v) is 6.87. The fourth-order valence-corrected chi connectivity index (χ4v) is 2.09. The van der Waals surface area contributed by atoms with Crippen molar-refractivity contribution in [2.75, 3.05) is 5.32 Å². The molecule has 4 nitrogen and oxygen atoms in total. The van der Waals surface area contributed by atoms with Crippen LogP contribution in [-0.2, 0) is 6.54 Å². The van der Waals surface area contributed by atoms with Crippen molar-refractivity contribution < 1.29 is 4.92 Å². The number of nitro groups is 1. The Balaban J connectivity index is 2.09. The number of nitrogens with zero attached hydrogens (tertiary/aromatic N) is 1. The van der Waals surface area contributed by atoms with E-state index in [1.165, 1.54) is 3.57 Å². The zero-order valence-electron chi connectivity index (χ0n) is 10.4. The fraction of sp³-hybridized carbons (Fsp3) is 0.143. The van der Waals surface area contributed by atoms with Crippen LogP contribution in [0.4, 0.5) is 11.4 Å². The standard InChI is InChI=1S/C14H13IN2O2/c1-10-2-3-11(8-14(10)17(18)19)9-16-13-6-4-12(15)5-7-13/h2-8,16H,9H2,1H3. The number of benzene rings is 2. The highest BCUT2D eigenvalue weighted by Crippen LogP contribution is 2.20. The summed E-state index contributed by atoms with van der Waals surface area (Å²) in [7, 11) is 0. The van der Waals surface area contributed by atoms with Crippen LogP contribution in [0, 0.1) is 20.6 Å². The Kier molecular flexibility index (Phi) is 4.36. The van der Waals surface area contributed by atoms with Crippen molar-refractivity contribution in [3.05, 3.63) is 67.3 Å². The SMILES string of the molecule is Cc1ccc(CNc2ccc(I)cc2)cc1[N+](=O)[O-]. The van der Waals surface area contributed by atoms with Gasteiger partial charge in [-0.2, -0.15) is 0 Å². The van der Waals surface area contributed by atoms with E-state index in [1.54, 1.807) is 19.1 Å². The normalized spacial score (nSPS) is 10.2. The molecule has 0 saturated carbocycles. The number of nitro benzene ring substituents is 1. The molecule has 19 heavy (non-hydrogen) atoms. The lowest BCUT2D eigenvalue weighted by Crippen LogP contribution is -2.01. The lowest BCUT2D eigenvalue weighted by Gasteiger charge is -2.07. The molecular formula is C14H13IN2O2. The van der Waals surface area contributed by atoms with Gasteiger partial charge in [0.2, 0.25) is 0 Å². The molecule has 98 valence electrons. The van der Waals surface area contributed by atoms with Crippen molar-refractivity contribution in [3.8, 4) is 0 Å². The molecule has 0 radical (unpaired) electrons. The molecule has 0 amide bonds. The number of halogens is 1. The fourth-order valence-electron chi connectivity index (χ4n) is 1.73. The number of anilines is 1. The Labute approximate surface area is 125 Å². The number of nitrogens with one attached hydrogen (secondary N) is 1. The maximum absolute atomic E-state index is 10.9. The molecule has 2 aromatic carbocycles. The highest BCUT2D eigenvalue weighted by Gasteiger charge is 2.10. The molecule has 0 aliphatic carbocycles. The van der Waals surface area contributed by atoms with Gasteiger partial charge in [-0.3, -0.25) is 10.1 Å². The van der Waals surface area contributed by atoms with E-state index in [0.717, 1.165) is 11.3 Å². The molecule has 2 aromatic rings. The van der Waals surface area contributed by atoms with Crippen LogP contribution < -0.4 is 5.32 Å². The van der Waals surface area contributed by atoms with Crippen molar-refractivity contribution in [2.24, 2.45) is 0 Å². The van der Waals surface area contributed by atoms with Crippen LogP contribution in [0.25, 0.3) is 0 Å². The van der Waals surface area contributed by atoms with Gasteiger partial charge in [0.1, 0.15) is 0 Å². The molecule has 0 aliphatic rings. The van der Waals surface area contributed by atoms with Gasteiger partial charge in [-0.15, -0.1) is 0 Å². The van der Waals surface area contributed by atoms with Crippen molar-refractivity contribution in [1.82, 2.24) is 0 Å². The third-order valence-electron chi connectivity index (χ3n) is 2.81. The van der Waals surface area contributed by atoms with Gasteiger partial charge in [0.25, 0.3) is 5.69 Å². The Hall–Kier alpha value is -1.63. The predicted octanol–water partition coefficient (Wildman–Crippen LogP) is 4.12.